The van der Waals surface area contributed by atoms with Crippen LogP contribution in [0.2, 0.25) is 0 Å². The van der Waals surface area contributed by atoms with Crippen molar-refractivity contribution < 1.29 is 71.0 Å². The lowest BCUT2D eigenvalue weighted by Crippen LogP contribution is -2.88. The molecule has 4 unspecified atom stereocenters. The number of halogens is 7. The number of hydrogen-bond donors (Lipinski definition) is 6. The summed E-state index contributed by atoms with van der Waals surface area (Å²) in [5.74, 6) is -14.6. The van der Waals surface area contributed by atoms with E-state index in [0.717, 1.165) is 31.9 Å². The Bertz CT molecular complexity index is 1370. The molecule has 0 aromatic heterocycles. The van der Waals surface area contributed by atoms with Gasteiger partial charge in [-0.05, 0) is 50.8 Å². The Kier molecular flexibility index (Phi) is 13.2. The molecule has 12 nitrogen and oxygen atoms in total. The van der Waals surface area contributed by atoms with E-state index >= 15 is 0 Å². The number of amides is 3. The van der Waals surface area contributed by atoms with Crippen LogP contribution in [-0.2, 0) is 4.79 Å². The van der Waals surface area contributed by atoms with Crippen LogP contribution in [0.3, 0.4) is 0 Å². The van der Waals surface area contributed by atoms with Crippen LogP contribution in [0.4, 0.5) is 35.5 Å². The minimum absolute atomic E-state index is 0.0592. The van der Waals surface area contributed by atoms with E-state index in [2.05, 4.69) is 6.58 Å². The second-order valence-electron chi connectivity index (χ2n) is 12.6. The first-order chi connectivity index (χ1) is 22.6. The molecule has 4 atom stereocenters. The van der Waals surface area contributed by atoms with E-state index in [0.29, 0.717) is 11.0 Å². The Balaban J connectivity index is 2.74. The van der Waals surface area contributed by atoms with Crippen LogP contribution < -0.4 is 0 Å². The van der Waals surface area contributed by atoms with Gasteiger partial charge in [-0.2, -0.15) is 26.3 Å². The average Bonchev–Trinajstić information content (AvgIpc) is 2.98. The molecule has 2 aliphatic rings. The Morgan fingerprint density at radius 2 is 1.50 bits per heavy atom. The molecule has 0 saturated carbocycles. The highest BCUT2D eigenvalue weighted by Crippen LogP contribution is 2.47. The highest BCUT2D eigenvalue weighted by Gasteiger charge is 2.75. The summed E-state index contributed by atoms with van der Waals surface area (Å²) in [6.07, 6.45) is -10.8. The molecule has 0 aromatic carbocycles. The van der Waals surface area contributed by atoms with Crippen LogP contribution in [-0.4, -0.2) is 143 Å². The Morgan fingerprint density at radius 3 is 1.92 bits per heavy atom. The lowest BCUT2D eigenvalue weighted by atomic mass is 9.76. The summed E-state index contributed by atoms with van der Waals surface area (Å²) in [4.78, 5) is 28.9. The number of likely N-dealkylation sites (N-methyl/N-ethyl adjacent to an activating group) is 1. The number of alkyl halides is 6. The van der Waals surface area contributed by atoms with Gasteiger partial charge in [0.2, 0.25) is 11.7 Å². The number of likely N-dealkylation sites (tertiary alicyclic amines) is 1. The molecule has 2 fully saturated rings. The number of carbonyl (C=O) groups is 2. The Labute approximate surface area is 284 Å². The number of urea groups is 1. The number of piperidine rings is 1. The van der Waals surface area contributed by atoms with E-state index in [1.165, 1.54) is 25.7 Å². The topological polar surface area (TPSA) is 168 Å². The molecule has 0 radical (unpaired) electrons. The zero-order valence-corrected chi connectivity index (χ0v) is 28.4. The molecule has 6 N–H and O–H groups in total. The standard InChI is InChI=1S/C31H45F7N4O8/c1-8-23(17(2)9-10-32)24-27(45,46)25(41-13-11-40(12-14-41)21(6)43)28(47,48)31(49,50)42(24)26(44)39(7)20(5)18(3)15-22(30(36,37)38)16-19(4)29(33,34)35/h9-10,15,20,22,24-25,45-50H,4,8,11-14,16H2,1-3,5-7H3. The van der Waals surface area contributed by atoms with Crippen molar-refractivity contribution in [3.05, 3.63) is 47.4 Å². The van der Waals surface area contributed by atoms with E-state index in [9.17, 15) is 71.0 Å². The van der Waals surface area contributed by atoms with Crippen LogP contribution in [0.5, 0.6) is 0 Å². The first-order valence-electron chi connectivity index (χ1n) is 15.5. The van der Waals surface area contributed by atoms with Gasteiger partial charge in [0.1, 0.15) is 12.1 Å². The van der Waals surface area contributed by atoms with Crippen LogP contribution in [0.1, 0.15) is 47.5 Å². The molecule has 2 heterocycles. The monoisotopic (exact) mass is 734 g/mol. The predicted octanol–water partition coefficient (Wildman–Crippen LogP) is 2.49. The fourth-order valence-corrected chi connectivity index (χ4v) is 6.29. The lowest BCUT2D eigenvalue weighted by molar-refractivity contribution is -0.477. The second-order valence-corrected chi connectivity index (χ2v) is 12.6. The fraction of sp³-hybridized carbons (Fsp3) is 0.677. The molecule has 19 heteroatoms. The van der Waals surface area contributed by atoms with Crippen LogP contribution in [0.25, 0.3) is 0 Å². The molecule has 2 aliphatic heterocycles. The summed E-state index contributed by atoms with van der Waals surface area (Å²) < 4.78 is 93.9. The smallest absolute Gasteiger partial charge is 0.362 e. The quantitative estimate of drug-likeness (QED) is 0.0903. The van der Waals surface area contributed by atoms with Gasteiger partial charge in [-0.25, -0.2) is 9.18 Å². The van der Waals surface area contributed by atoms with Gasteiger partial charge in [0, 0.05) is 45.7 Å². The van der Waals surface area contributed by atoms with Crippen molar-refractivity contribution in [3.63, 3.8) is 0 Å². The summed E-state index contributed by atoms with van der Waals surface area (Å²) in [6, 6.07) is -7.80. The SMILES string of the molecule is C=C(CC(C=C(C)C(C)N(C)C(=O)N1C(C(CC)=C(C)C=CF)C(O)(O)C(N2CCN(C(C)=O)CC2)C(O)(O)C1(O)O)C(F)(F)F)C(F)(F)F. The largest absolute Gasteiger partial charge is 0.412 e. The summed E-state index contributed by atoms with van der Waals surface area (Å²) in [6.45, 7) is 8.22. The number of carbonyl (C=O) groups excluding carboxylic acids is 2. The molecule has 286 valence electrons. The Morgan fingerprint density at radius 1 is 0.980 bits per heavy atom. The van der Waals surface area contributed by atoms with Crippen molar-refractivity contribution in [1.29, 1.82) is 0 Å². The highest BCUT2D eigenvalue weighted by atomic mass is 19.4. The van der Waals surface area contributed by atoms with Gasteiger partial charge in [0.15, 0.2) is 0 Å². The van der Waals surface area contributed by atoms with Gasteiger partial charge >= 0.3 is 24.3 Å². The zero-order chi connectivity index (χ0) is 38.9. The number of allylic oxidation sites excluding steroid dienone is 4. The van der Waals surface area contributed by atoms with E-state index < -0.39 is 71.9 Å². The van der Waals surface area contributed by atoms with E-state index in [-0.39, 0.29) is 66.5 Å². The molecular weight excluding hydrogens is 689 g/mol. The number of piperazine rings is 1. The maximum atomic E-state index is 14.1. The molecule has 50 heavy (non-hydrogen) atoms. The van der Waals surface area contributed by atoms with Gasteiger partial charge in [0.25, 0.3) is 5.79 Å². The van der Waals surface area contributed by atoms with Crippen molar-refractivity contribution in [1.82, 2.24) is 19.6 Å². The Hall–Kier alpha value is -3.07. The molecule has 0 spiro atoms. The normalized spacial score (nSPS) is 24.9. The van der Waals surface area contributed by atoms with Gasteiger partial charge in [-0.15, -0.1) is 0 Å². The molecular formula is C31H45F7N4O8. The van der Waals surface area contributed by atoms with Gasteiger partial charge in [-0.1, -0.05) is 25.2 Å². The number of aliphatic hydroxyl groups is 6. The maximum absolute atomic E-state index is 14.1. The van der Waals surface area contributed by atoms with Crippen molar-refractivity contribution in [2.24, 2.45) is 5.92 Å². The van der Waals surface area contributed by atoms with E-state index in [4.69, 9.17) is 0 Å². The molecule has 0 aromatic rings. The van der Waals surface area contributed by atoms with E-state index in [1.807, 2.05) is 0 Å². The third-order valence-corrected chi connectivity index (χ3v) is 9.43. The predicted molar refractivity (Wildman–Crippen MR) is 164 cm³/mol. The van der Waals surface area contributed by atoms with Crippen molar-refractivity contribution in [3.8, 4) is 0 Å². The van der Waals surface area contributed by atoms with Crippen LogP contribution in [0.15, 0.2) is 47.4 Å². The third kappa shape index (κ3) is 8.51. The van der Waals surface area contributed by atoms with E-state index in [1.54, 1.807) is 0 Å². The minimum atomic E-state index is -5.19. The first kappa shape index (κ1) is 43.1. The minimum Gasteiger partial charge on any atom is -0.362 e. The lowest BCUT2D eigenvalue weighted by Gasteiger charge is -2.62. The summed E-state index contributed by atoms with van der Waals surface area (Å²) in [5, 5.41) is 69.2. The summed E-state index contributed by atoms with van der Waals surface area (Å²) in [5.41, 5.74) is -2.28. The van der Waals surface area contributed by atoms with Gasteiger partial charge in [-0.3, -0.25) is 14.6 Å². The van der Waals surface area contributed by atoms with Gasteiger partial charge in [0.05, 0.1) is 18.3 Å². The molecule has 2 saturated heterocycles. The van der Waals surface area contributed by atoms with Crippen LogP contribution >= 0.6 is 0 Å². The molecule has 2 rings (SSSR count). The molecule has 0 bridgehead atoms. The van der Waals surface area contributed by atoms with Crippen LogP contribution in [0, 0.1) is 5.92 Å². The summed E-state index contributed by atoms with van der Waals surface area (Å²) >= 11 is 0. The highest BCUT2D eigenvalue weighted by molar-refractivity contribution is 5.77. The molecule has 3 amide bonds. The van der Waals surface area contributed by atoms with Crippen molar-refractivity contribution in [2.75, 3.05) is 33.2 Å². The van der Waals surface area contributed by atoms with Gasteiger partial charge < -0.3 is 40.4 Å². The van der Waals surface area contributed by atoms with Crippen molar-refractivity contribution in [2.45, 2.75) is 95.4 Å². The second kappa shape index (κ2) is 15.3. The molecule has 0 aliphatic carbocycles. The third-order valence-electron chi connectivity index (χ3n) is 9.43. The first-order valence-corrected chi connectivity index (χ1v) is 15.5. The zero-order valence-electron chi connectivity index (χ0n) is 28.4. The number of hydrogen-bond acceptors (Lipinski definition) is 9. The average molecular weight is 735 g/mol. The number of nitrogens with zero attached hydrogens (tertiary/aromatic N) is 4. The number of rotatable bonds is 9. The van der Waals surface area contributed by atoms with Crippen molar-refractivity contribution >= 4 is 11.9 Å². The maximum Gasteiger partial charge on any atom is 0.412 e. The fourth-order valence-electron chi connectivity index (χ4n) is 6.29. The summed E-state index contributed by atoms with van der Waals surface area (Å²) in [7, 11) is 0.929.